The number of hydrogen-bond acceptors (Lipinski definition) is 2. The number of ether oxygens (including phenoxy) is 1. The molecule has 2 rings (SSSR count). The normalized spacial score (nSPS) is 8.82. The van der Waals surface area contributed by atoms with Gasteiger partial charge in [0.05, 0.1) is 5.02 Å². The van der Waals surface area contributed by atoms with Crippen LogP contribution in [0.4, 0.5) is 4.39 Å². The van der Waals surface area contributed by atoms with Crippen molar-refractivity contribution in [1.29, 1.82) is 0 Å². The van der Waals surface area contributed by atoms with Crippen molar-refractivity contribution in [2.45, 2.75) is 34.3 Å². The minimum Gasteiger partial charge on any atom is -0.489 e. The molecule has 0 aliphatic rings. The number of hydrogen-bond donors (Lipinski definition) is 0. The molecule has 4 heteroatoms. The maximum atomic E-state index is 13.5. The molecule has 0 aliphatic carbocycles. The molecule has 0 bridgehead atoms. The van der Waals surface area contributed by atoms with Crippen LogP contribution in [0.25, 0.3) is 0 Å². The Morgan fingerprint density at radius 2 is 1.64 bits per heavy atom. The monoisotopic (exact) mass is 324 g/mol. The minimum atomic E-state index is -0.396. The summed E-state index contributed by atoms with van der Waals surface area (Å²) >= 11 is 5.88. The van der Waals surface area contributed by atoms with Crippen LogP contribution in [0.15, 0.2) is 42.5 Å². The first kappa shape index (κ1) is 20.1. The lowest BCUT2D eigenvalue weighted by Crippen LogP contribution is -1.99. The second-order valence-corrected chi connectivity index (χ2v) is 4.08. The molecule has 0 aromatic heterocycles. The molecule has 0 radical (unpaired) electrons. The summed E-state index contributed by atoms with van der Waals surface area (Å²) in [5, 5.41) is 0.333. The third kappa shape index (κ3) is 6.27. The number of benzene rings is 2. The lowest BCUT2D eigenvalue weighted by Gasteiger charge is -2.08. The van der Waals surface area contributed by atoms with E-state index in [1.165, 1.54) is 6.07 Å². The van der Waals surface area contributed by atoms with Crippen LogP contribution < -0.4 is 4.74 Å². The zero-order chi connectivity index (χ0) is 17.0. The van der Waals surface area contributed by atoms with E-state index in [-0.39, 0.29) is 6.61 Å². The molecule has 0 spiro atoms. The van der Waals surface area contributed by atoms with Crippen LogP contribution in [0, 0.1) is 5.82 Å². The van der Waals surface area contributed by atoms with Crippen molar-refractivity contribution in [3.8, 4) is 5.75 Å². The average Bonchev–Trinajstić information content (AvgIpc) is 2.58. The van der Waals surface area contributed by atoms with Crippen molar-refractivity contribution in [2.24, 2.45) is 0 Å². The fourth-order valence-corrected chi connectivity index (χ4v) is 1.69. The van der Waals surface area contributed by atoms with Crippen LogP contribution in [0.3, 0.4) is 0 Å². The van der Waals surface area contributed by atoms with Gasteiger partial charge in [0, 0.05) is 11.1 Å². The zero-order valence-electron chi connectivity index (χ0n) is 13.4. The van der Waals surface area contributed by atoms with Crippen LogP contribution in [-0.2, 0) is 6.61 Å². The Labute approximate surface area is 136 Å². The Hall–Kier alpha value is -1.87. The highest BCUT2D eigenvalue weighted by atomic mass is 35.5. The van der Waals surface area contributed by atoms with Crippen LogP contribution in [0.1, 0.15) is 43.6 Å². The molecule has 22 heavy (non-hydrogen) atoms. The first-order valence-corrected chi connectivity index (χ1v) is 7.69. The van der Waals surface area contributed by atoms with Gasteiger partial charge in [-0.1, -0.05) is 45.4 Å². The number of carbonyl (C=O) groups excluding carboxylic acids is 1. The van der Waals surface area contributed by atoms with E-state index < -0.39 is 5.82 Å². The summed E-state index contributed by atoms with van der Waals surface area (Å²) in [5.74, 6) is 0.159. The summed E-state index contributed by atoms with van der Waals surface area (Å²) in [6, 6.07) is 11.0. The van der Waals surface area contributed by atoms with E-state index in [1.54, 1.807) is 36.4 Å². The Balaban J connectivity index is 0.00000102. The van der Waals surface area contributed by atoms with Crippen molar-refractivity contribution < 1.29 is 13.9 Å². The molecule has 0 amide bonds. The van der Waals surface area contributed by atoms with Gasteiger partial charge in [-0.25, -0.2) is 4.39 Å². The fraction of sp³-hybridized carbons (Fsp3) is 0.278. The Morgan fingerprint density at radius 1 is 1.05 bits per heavy atom. The van der Waals surface area contributed by atoms with Gasteiger partial charge in [0.2, 0.25) is 0 Å². The quantitative estimate of drug-likeness (QED) is 0.652. The van der Waals surface area contributed by atoms with Gasteiger partial charge in [-0.3, -0.25) is 4.79 Å². The second kappa shape index (κ2) is 11.8. The number of aldehydes is 1. The predicted molar refractivity (Wildman–Crippen MR) is 90.3 cm³/mol. The van der Waals surface area contributed by atoms with Gasteiger partial charge in [0.1, 0.15) is 24.5 Å². The highest BCUT2D eigenvalue weighted by Crippen LogP contribution is 2.21. The van der Waals surface area contributed by atoms with Gasteiger partial charge in [-0.15, -0.1) is 0 Å². The highest BCUT2D eigenvalue weighted by Gasteiger charge is 2.07. The van der Waals surface area contributed by atoms with Gasteiger partial charge in [-0.05, 0) is 36.4 Å². The van der Waals surface area contributed by atoms with E-state index in [0.717, 1.165) is 6.29 Å². The van der Waals surface area contributed by atoms with E-state index in [4.69, 9.17) is 16.3 Å². The summed E-state index contributed by atoms with van der Waals surface area (Å²) in [5.41, 5.74) is 0.880. The van der Waals surface area contributed by atoms with Crippen molar-refractivity contribution in [3.05, 3.63) is 64.4 Å². The van der Waals surface area contributed by atoms with E-state index in [1.807, 2.05) is 27.7 Å². The summed E-state index contributed by atoms with van der Waals surface area (Å²) in [6.45, 7) is 8.05. The first-order valence-electron chi connectivity index (χ1n) is 7.31. The maximum Gasteiger partial charge on any atom is 0.150 e. The molecule has 0 saturated carbocycles. The van der Waals surface area contributed by atoms with Crippen molar-refractivity contribution in [1.82, 2.24) is 0 Å². The molecule has 0 fully saturated rings. The lowest BCUT2D eigenvalue weighted by molar-refractivity contribution is 0.112. The molecule has 0 N–H and O–H groups in total. The average molecular weight is 325 g/mol. The first-order chi connectivity index (χ1) is 10.7. The summed E-state index contributed by atoms with van der Waals surface area (Å²) in [6.07, 6.45) is 0.748. The number of rotatable bonds is 4. The molecule has 0 atom stereocenters. The molecular weight excluding hydrogens is 303 g/mol. The minimum absolute atomic E-state index is 0.0476. The van der Waals surface area contributed by atoms with E-state index in [9.17, 15) is 9.18 Å². The predicted octanol–water partition coefficient (Wildman–Crippen LogP) is 5.92. The largest absolute Gasteiger partial charge is 0.489 e. The molecule has 0 saturated heterocycles. The number of halogens is 2. The molecule has 2 aromatic rings. The Bertz CT molecular complexity index is 533. The molecular formula is C18H22ClFO2. The smallest absolute Gasteiger partial charge is 0.150 e. The standard InChI is InChI=1S/C14H10ClFO2.2C2H6/c15-13-2-1-3-14(16)12(13)9-18-11-6-4-10(8-17)5-7-11;2*1-2/h1-8H,9H2;2*1-2H3. The fourth-order valence-electron chi connectivity index (χ4n) is 1.47. The zero-order valence-corrected chi connectivity index (χ0v) is 14.2. The SMILES string of the molecule is CC.CC.O=Cc1ccc(OCc2c(F)cccc2Cl)cc1. The molecule has 2 aromatic carbocycles. The third-order valence-electron chi connectivity index (χ3n) is 2.46. The van der Waals surface area contributed by atoms with Crippen LogP contribution in [0.2, 0.25) is 5.02 Å². The number of carbonyl (C=O) groups is 1. The Morgan fingerprint density at radius 3 is 2.14 bits per heavy atom. The summed E-state index contributed by atoms with van der Waals surface area (Å²) < 4.78 is 18.9. The van der Waals surface area contributed by atoms with Crippen LogP contribution >= 0.6 is 11.6 Å². The maximum absolute atomic E-state index is 13.5. The molecule has 0 aliphatic heterocycles. The Kier molecular flexibility index (Phi) is 10.8. The van der Waals surface area contributed by atoms with Crippen molar-refractivity contribution in [2.75, 3.05) is 0 Å². The lowest BCUT2D eigenvalue weighted by atomic mass is 10.2. The summed E-state index contributed by atoms with van der Waals surface area (Å²) in [4.78, 5) is 10.5. The highest BCUT2D eigenvalue weighted by molar-refractivity contribution is 6.31. The summed E-state index contributed by atoms with van der Waals surface area (Å²) in [7, 11) is 0. The van der Waals surface area contributed by atoms with Gasteiger partial charge in [-0.2, -0.15) is 0 Å². The van der Waals surface area contributed by atoms with Gasteiger partial charge in [0.25, 0.3) is 0 Å². The molecule has 120 valence electrons. The van der Waals surface area contributed by atoms with E-state index in [0.29, 0.717) is 21.9 Å². The topological polar surface area (TPSA) is 26.3 Å². The molecule has 0 unspecified atom stereocenters. The van der Waals surface area contributed by atoms with Gasteiger partial charge in [0.15, 0.2) is 0 Å². The van der Waals surface area contributed by atoms with Crippen molar-refractivity contribution >= 4 is 17.9 Å². The third-order valence-corrected chi connectivity index (χ3v) is 2.82. The van der Waals surface area contributed by atoms with Gasteiger partial charge < -0.3 is 4.74 Å². The van der Waals surface area contributed by atoms with Crippen molar-refractivity contribution in [3.63, 3.8) is 0 Å². The molecule has 2 nitrogen and oxygen atoms in total. The second-order valence-electron chi connectivity index (χ2n) is 3.68. The van der Waals surface area contributed by atoms with E-state index in [2.05, 4.69) is 0 Å². The van der Waals surface area contributed by atoms with E-state index >= 15 is 0 Å². The van der Waals surface area contributed by atoms with Crippen LogP contribution in [0.5, 0.6) is 5.75 Å². The van der Waals surface area contributed by atoms with Gasteiger partial charge >= 0.3 is 0 Å². The molecule has 0 heterocycles. The van der Waals surface area contributed by atoms with Crippen LogP contribution in [-0.4, -0.2) is 6.29 Å².